The Morgan fingerprint density at radius 3 is 2.69 bits per heavy atom. The summed E-state index contributed by atoms with van der Waals surface area (Å²) < 4.78 is 5.22. The molecule has 3 nitrogen and oxygen atoms in total. The van der Waals surface area contributed by atoms with Crippen LogP contribution in [-0.2, 0) is 0 Å². The van der Waals surface area contributed by atoms with Gasteiger partial charge in [0, 0.05) is 5.92 Å². The summed E-state index contributed by atoms with van der Waals surface area (Å²) in [6.07, 6.45) is 7.40. The molecule has 0 amide bonds. The van der Waals surface area contributed by atoms with E-state index in [4.69, 9.17) is 4.42 Å². The van der Waals surface area contributed by atoms with Gasteiger partial charge >= 0.3 is 0 Å². The molecule has 0 bridgehead atoms. The third kappa shape index (κ3) is 3.17. The predicted molar refractivity (Wildman–Crippen MR) is 51.5 cm³/mol. The van der Waals surface area contributed by atoms with Gasteiger partial charge < -0.3 is 4.42 Å². The molecule has 0 aromatic carbocycles. The standard InChI is InChI=1S/C10H18N2O/c1-3-5-7-9(6-4-2)10-12-11-8-13-10/h8-9H,3-7H2,1-2H3. The van der Waals surface area contributed by atoms with Crippen molar-refractivity contribution >= 4 is 0 Å². The lowest BCUT2D eigenvalue weighted by Gasteiger charge is -2.10. The molecule has 0 fully saturated rings. The number of nitrogens with zero attached hydrogens (tertiary/aromatic N) is 2. The van der Waals surface area contributed by atoms with Crippen LogP contribution in [0, 0.1) is 0 Å². The zero-order valence-electron chi connectivity index (χ0n) is 8.49. The Morgan fingerprint density at radius 1 is 1.31 bits per heavy atom. The summed E-state index contributed by atoms with van der Waals surface area (Å²) in [5.74, 6) is 1.29. The topological polar surface area (TPSA) is 38.9 Å². The third-order valence-corrected chi connectivity index (χ3v) is 2.27. The van der Waals surface area contributed by atoms with Gasteiger partial charge in [-0.1, -0.05) is 33.1 Å². The number of unbranched alkanes of at least 4 members (excludes halogenated alkanes) is 1. The Hall–Kier alpha value is -0.860. The minimum Gasteiger partial charge on any atom is -0.428 e. The molecule has 1 aromatic rings. The Kier molecular flexibility index (Phi) is 4.50. The van der Waals surface area contributed by atoms with Crippen molar-refractivity contribution in [2.75, 3.05) is 0 Å². The summed E-state index contributed by atoms with van der Waals surface area (Å²) in [6.45, 7) is 4.39. The highest BCUT2D eigenvalue weighted by atomic mass is 16.4. The average Bonchev–Trinajstić information content (AvgIpc) is 2.65. The van der Waals surface area contributed by atoms with Gasteiger partial charge in [-0.05, 0) is 12.8 Å². The van der Waals surface area contributed by atoms with E-state index in [9.17, 15) is 0 Å². The van der Waals surface area contributed by atoms with Crippen LogP contribution in [0.25, 0.3) is 0 Å². The van der Waals surface area contributed by atoms with Crippen LogP contribution in [-0.4, -0.2) is 10.2 Å². The average molecular weight is 182 g/mol. The number of hydrogen-bond donors (Lipinski definition) is 0. The first-order valence-electron chi connectivity index (χ1n) is 5.14. The van der Waals surface area contributed by atoms with Crippen LogP contribution < -0.4 is 0 Å². The van der Waals surface area contributed by atoms with Gasteiger partial charge in [-0.2, -0.15) is 0 Å². The van der Waals surface area contributed by atoms with E-state index < -0.39 is 0 Å². The third-order valence-electron chi connectivity index (χ3n) is 2.27. The summed E-state index contributed by atoms with van der Waals surface area (Å²) in [5, 5.41) is 7.69. The Bertz CT molecular complexity index is 209. The second-order valence-corrected chi connectivity index (χ2v) is 3.40. The molecule has 74 valence electrons. The molecule has 0 spiro atoms. The predicted octanol–water partition coefficient (Wildman–Crippen LogP) is 3.14. The van der Waals surface area contributed by atoms with Crippen LogP contribution in [0.15, 0.2) is 10.8 Å². The van der Waals surface area contributed by atoms with Gasteiger partial charge in [-0.25, -0.2) is 0 Å². The van der Waals surface area contributed by atoms with Crippen molar-refractivity contribution in [3.63, 3.8) is 0 Å². The molecule has 0 saturated carbocycles. The molecule has 1 atom stereocenters. The first-order chi connectivity index (χ1) is 6.38. The maximum atomic E-state index is 5.22. The normalized spacial score (nSPS) is 13.1. The first-order valence-corrected chi connectivity index (χ1v) is 5.14. The van der Waals surface area contributed by atoms with Crippen LogP contribution in [0.1, 0.15) is 57.8 Å². The van der Waals surface area contributed by atoms with Gasteiger partial charge in [0.15, 0.2) is 0 Å². The van der Waals surface area contributed by atoms with Crippen LogP contribution in [0.4, 0.5) is 0 Å². The molecule has 1 unspecified atom stereocenters. The molecule has 1 aromatic heterocycles. The molecule has 0 saturated heterocycles. The SMILES string of the molecule is CCCCC(CCC)c1nnco1. The first kappa shape index (κ1) is 10.2. The minimum atomic E-state index is 0.479. The maximum Gasteiger partial charge on any atom is 0.219 e. The summed E-state index contributed by atoms with van der Waals surface area (Å²) in [6, 6.07) is 0. The van der Waals surface area contributed by atoms with E-state index in [-0.39, 0.29) is 0 Å². The van der Waals surface area contributed by atoms with E-state index >= 15 is 0 Å². The Balaban J connectivity index is 2.47. The van der Waals surface area contributed by atoms with Crippen LogP contribution in [0.5, 0.6) is 0 Å². The highest BCUT2D eigenvalue weighted by Gasteiger charge is 2.14. The van der Waals surface area contributed by atoms with E-state index in [1.807, 2.05) is 0 Å². The molecule has 0 aliphatic rings. The maximum absolute atomic E-state index is 5.22. The number of aromatic nitrogens is 2. The summed E-state index contributed by atoms with van der Waals surface area (Å²) in [5.41, 5.74) is 0. The second-order valence-electron chi connectivity index (χ2n) is 3.40. The zero-order valence-corrected chi connectivity index (χ0v) is 8.49. The molecule has 0 N–H and O–H groups in total. The Morgan fingerprint density at radius 2 is 2.15 bits per heavy atom. The van der Waals surface area contributed by atoms with Gasteiger partial charge in [0.25, 0.3) is 0 Å². The molecule has 0 radical (unpaired) electrons. The minimum absolute atomic E-state index is 0.479. The van der Waals surface area contributed by atoms with E-state index in [1.165, 1.54) is 32.1 Å². The van der Waals surface area contributed by atoms with Crippen molar-refractivity contribution in [3.8, 4) is 0 Å². The largest absolute Gasteiger partial charge is 0.428 e. The highest BCUT2D eigenvalue weighted by Crippen LogP contribution is 2.24. The van der Waals surface area contributed by atoms with Gasteiger partial charge in [-0.15, -0.1) is 10.2 Å². The molecule has 1 rings (SSSR count). The van der Waals surface area contributed by atoms with Gasteiger partial charge in [0.05, 0.1) is 0 Å². The van der Waals surface area contributed by atoms with Crippen LogP contribution >= 0.6 is 0 Å². The van der Waals surface area contributed by atoms with Crippen molar-refractivity contribution in [1.82, 2.24) is 10.2 Å². The van der Waals surface area contributed by atoms with E-state index in [1.54, 1.807) is 0 Å². The fourth-order valence-electron chi connectivity index (χ4n) is 1.55. The molecule has 3 heteroatoms. The second kappa shape index (κ2) is 5.73. The smallest absolute Gasteiger partial charge is 0.219 e. The van der Waals surface area contributed by atoms with Gasteiger partial charge in [0.2, 0.25) is 12.3 Å². The van der Waals surface area contributed by atoms with Gasteiger partial charge in [-0.3, -0.25) is 0 Å². The van der Waals surface area contributed by atoms with Crippen molar-refractivity contribution < 1.29 is 4.42 Å². The monoisotopic (exact) mass is 182 g/mol. The Labute approximate surface area is 79.6 Å². The lowest BCUT2D eigenvalue weighted by Crippen LogP contribution is -1.99. The van der Waals surface area contributed by atoms with Gasteiger partial charge in [0.1, 0.15) is 0 Å². The number of hydrogen-bond acceptors (Lipinski definition) is 3. The summed E-state index contributed by atoms with van der Waals surface area (Å²) >= 11 is 0. The zero-order chi connectivity index (χ0) is 9.52. The lowest BCUT2D eigenvalue weighted by molar-refractivity contribution is 0.405. The van der Waals surface area contributed by atoms with E-state index in [0.717, 1.165) is 12.3 Å². The summed E-state index contributed by atoms with van der Waals surface area (Å²) in [7, 11) is 0. The molecule has 13 heavy (non-hydrogen) atoms. The van der Waals surface area contributed by atoms with Crippen molar-refractivity contribution in [3.05, 3.63) is 12.3 Å². The van der Waals surface area contributed by atoms with Crippen LogP contribution in [0.3, 0.4) is 0 Å². The summed E-state index contributed by atoms with van der Waals surface area (Å²) in [4.78, 5) is 0. The molecular formula is C10H18N2O. The molecular weight excluding hydrogens is 164 g/mol. The van der Waals surface area contributed by atoms with Crippen LogP contribution in [0.2, 0.25) is 0 Å². The fraction of sp³-hybridized carbons (Fsp3) is 0.800. The quantitative estimate of drug-likeness (QED) is 0.678. The molecule has 0 aliphatic heterocycles. The van der Waals surface area contributed by atoms with Crippen molar-refractivity contribution in [1.29, 1.82) is 0 Å². The van der Waals surface area contributed by atoms with Crippen molar-refractivity contribution in [2.45, 2.75) is 51.9 Å². The molecule has 1 heterocycles. The lowest BCUT2D eigenvalue weighted by atomic mass is 9.97. The number of rotatable bonds is 6. The fourth-order valence-corrected chi connectivity index (χ4v) is 1.55. The molecule has 0 aliphatic carbocycles. The van der Waals surface area contributed by atoms with Crippen molar-refractivity contribution in [2.24, 2.45) is 0 Å². The highest BCUT2D eigenvalue weighted by molar-refractivity contribution is 4.87. The van der Waals surface area contributed by atoms with E-state index in [0.29, 0.717) is 5.92 Å². The van der Waals surface area contributed by atoms with E-state index in [2.05, 4.69) is 24.0 Å².